The fourth-order valence-electron chi connectivity index (χ4n) is 5.12. The maximum atomic E-state index is 13.5. The molecule has 11 heteroatoms. The van der Waals surface area contributed by atoms with Crippen LogP contribution < -0.4 is 5.32 Å². The van der Waals surface area contributed by atoms with E-state index in [1.54, 1.807) is 32.2 Å². The third-order valence-corrected chi connectivity index (χ3v) is 7.65. The van der Waals surface area contributed by atoms with Crippen LogP contribution in [0.2, 0.25) is 0 Å². The molecule has 0 bridgehead atoms. The lowest BCUT2D eigenvalue weighted by molar-refractivity contribution is -0.155. The zero-order valence-electron chi connectivity index (χ0n) is 19.7. The number of pyridine rings is 1. The predicted molar refractivity (Wildman–Crippen MR) is 127 cm³/mol. The van der Waals surface area contributed by atoms with Crippen molar-refractivity contribution in [3.8, 4) is 0 Å². The SMILES string of the molecule is Cc1c(S(=O)O)ccc2c1CC(C)N(CC(F)(F)F)C2c1ccc(NC2CN(CCCF)C2)cn1. The number of nitrogens with zero attached hydrogens (tertiary/aromatic N) is 3. The molecule has 2 N–H and O–H groups in total. The van der Waals surface area contributed by atoms with Crippen molar-refractivity contribution < 1.29 is 26.3 Å². The lowest BCUT2D eigenvalue weighted by Gasteiger charge is -2.42. The van der Waals surface area contributed by atoms with Gasteiger partial charge in [0.05, 0.1) is 47.8 Å². The van der Waals surface area contributed by atoms with Crippen LogP contribution in [-0.4, -0.2) is 74.7 Å². The van der Waals surface area contributed by atoms with Gasteiger partial charge in [-0.2, -0.15) is 13.2 Å². The van der Waals surface area contributed by atoms with Crippen LogP contribution in [0.1, 0.15) is 41.8 Å². The largest absolute Gasteiger partial charge is 0.401 e. The van der Waals surface area contributed by atoms with Crippen molar-refractivity contribution in [3.63, 3.8) is 0 Å². The molecule has 1 aromatic carbocycles. The highest BCUT2D eigenvalue weighted by Crippen LogP contribution is 2.41. The monoisotopic (exact) mass is 514 g/mol. The highest BCUT2D eigenvalue weighted by Gasteiger charge is 2.41. The second kappa shape index (κ2) is 10.5. The van der Waals surface area contributed by atoms with Crippen LogP contribution in [0.4, 0.5) is 23.2 Å². The van der Waals surface area contributed by atoms with Gasteiger partial charge in [-0.15, -0.1) is 0 Å². The molecule has 2 aliphatic rings. The number of hydrogen-bond donors (Lipinski definition) is 2. The van der Waals surface area contributed by atoms with Crippen LogP contribution in [-0.2, 0) is 17.5 Å². The highest BCUT2D eigenvalue weighted by atomic mass is 32.2. The van der Waals surface area contributed by atoms with E-state index < -0.39 is 35.9 Å². The average Bonchev–Trinajstić information content (AvgIpc) is 2.76. The number of likely N-dealkylation sites (tertiary alicyclic amines) is 1. The Hall–Kier alpha value is -2.08. The maximum absolute atomic E-state index is 13.5. The Kier molecular flexibility index (Phi) is 7.80. The fourth-order valence-corrected chi connectivity index (χ4v) is 5.69. The predicted octanol–water partition coefficient (Wildman–Crippen LogP) is 4.32. The molecule has 3 heterocycles. The molecular formula is C24H30F4N4O2S. The smallest absolute Gasteiger partial charge is 0.378 e. The molecule has 3 atom stereocenters. The molecule has 0 amide bonds. The fraction of sp³-hybridized carbons (Fsp3) is 0.542. The summed E-state index contributed by atoms with van der Waals surface area (Å²) in [5.74, 6) is 0. The molecule has 3 unspecified atom stereocenters. The van der Waals surface area contributed by atoms with Gasteiger partial charge in [-0.3, -0.25) is 19.2 Å². The summed E-state index contributed by atoms with van der Waals surface area (Å²) >= 11 is -2.18. The summed E-state index contributed by atoms with van der Waals surface area (Å²) in [6.07, 6.45) is -1.88. The van der Waals surface area contributed by atoms with Crippen LogP contribution in [0.25, 0.3) is 0 Å². The van der Waals surface area contributed by atoms with Crippen molar-refractivity contribution >= 4 is 16.8 Å². The zero-order chi connectivity index (χ0) is 25.3. The first-order valence-corrected chi connectivity index (χ1v) is 12.7. The normalized spacial score (nSPS) is 22.5. The van der Waals surface area contributed by atoms with Crippen molar-refractivity contribution in [2.24, 2.45) is 0 Å². The maximum Gasteiger partial charge on any atom is 0.401 e. The summed E-state index contributed by atoms with van der Waals surface area (Å²) in [6, 6.07) is 5.77. The number of alkyl halides is 4. The van der Waals surface area contributed by atoms with Gasteiger partial charge >= 0.3 is 6.18 Å². The van der Waals surface area contributed by atoms with E-state index in [1.165, 1.54) is 11.0 Å². The second-order valence-corrected chi connectivity index (χ2v) is 10.3. The Bertz CT molecular complexity index is 1060. The quantitative estimate of drug-likeness (QED) is 0.404. The van der Waals surface area contributed by atoms with Gasteiger partial charge < -0.3 is 9.87 Å². The Morgan fingerprint density at radius 2 is 1.97 bits per heavy atom. The summed E-state index contributed by atoms with van der Waals surface area (Å²) in [5.41, 5.74) is 3.37. The number of rotatable bonds is 8. The summed E-state index contributed by atoms with van der Waals surface area (Å²) in [4.78, 5) is 8.37. The lowest BCUT2D eigenvalue weighted by Crippen LogP contribution is -2.54. The van der Waals surface area contributed by atoms with E-state index in [1.807, 2.05) is 6.07 Å². The first kappa shape index (κ1) is 26.0. The minimum atomic E-state index is -4.38. The van der Waals surface area contributed by atoms with Crippen LogP contribution >= 0.6 is 0 Å². The van der Waals surface area contributed by atoms with Crippen molar-refractivity contribution in [2.45, 2.75) is 55.9 Å². The van der Waals surface area contributed by atoms with E-state index in [0.29, 0.717) is 29.7 Å². The topological polar surface area (TPSA) is 68.7 Å². The number of anilines is 1. The first-order chi connectivity index (χ1) is 16.6. The Morgan fingerprint density at radius 1 is 1.23 bits per heavy atom. The van der Waals surface area contributed by atoms with Crippen LogP contribution in [0.15, 0.2) is 35.4 Å². The minimum absolute atomic E-state index is 0.222. The molecule has 0 aliphatic carbocycles. The van der Waals surface area contributed by atoms with E-state index in [9.17, 15) is 26.3 Å². The number of halogens is 4. The zero-order valence-corrected chi connectivity index (χ0v) is 20.5. The number of aromatic nitrogens is 1. The molecule has 192 valence electrons. The first-order valence-electron chi connectivity index (χ1n) is 11.6. The van der Waals surface area contributed by atoms with Crippen molar-refractivity contribution in [3.05, 3.63) is 52.8 Å². The molecular weight excluding hydrogens is 484 g/mol. The molecule has 1 fully saturated rings. The van der Waals surface area contributed by atoms with Crippen molar-refractivity contribution in [2.75, 3.05) is 38.2 Å². The van der Waals surface area contributed by atoms with Crippen LogP contribution in [0.3, 0.4) is 0 Å². The van der Waals surface area contributed by atoms with E-state index in [2.05, 4.69) is 15.2 Å². The van der Waals surface area contributed by atoms with Crippen molar-refractivity contribution in [1.29, 1.82) is 0 Å². The Balaban J connectivity index is 1.60. The van der Waals surface area contributed by atoms with E-state index in [4.69, 9.17) is 0 Å². The summed E-state index contributed by atoms with van der Waals surface area (Å²) < 4.78 is 74.2. The third kappa shape index (κ3) is 5.84. The number of nitrogens with one attached hydrogen (secondary N) is 1. The molecule has 2 aliphatic heterocycles. The van der Waals surface area contributed by atoms with Gasteiger partial charge in [0.15, 0.2) is 11.1 Å². The Labute approximate surface area is 205 Å². The average molecular weight is 515 g/mol. The van der Waals surface area contributed by atoms with Crippen molar-refractivity contribution in [1.82, 2.24) is 14.8 Å². The van der Waals surface area contributed by atoms with Gasteiger partial charge in [0, 0.05) is 25.7 Å². The molecule has 35 heavy (non-hydrogen) atoms. The number of hydrogen-bond acceptors (Lipinski definition) is 5. The second-order valence-electron chi connectivity index (χ2n) is 9.36. The molecule has 0 saturated carbocycles. The van der Waals surface area contributed by atoms with Gasteiger partial charge in [-0.25, -0.2) is 4.21 Å². The highest BCUT2D eigenvalue weighted by molar-refractivity contribution is 7.79. The van der Waals surface area contributed by atoms with Crippen LogP contribution in [0.5, 0.6) is 0 Å². The number of fused-ring (bicyclic) bond motifs is 1. The minimum Gasteiger partial charge on any atom is -0.378 e. The van der Waals surface area contributed by atoms with Gasteiger partial charge in [-0.1, -0.05) is 6.07 Å². The summed E-state index contributed by atoms with van der Waals surface area (Å²) in [6.45, 7) is 4.42. The summed E-state index contributed by atoms with van der Waals surface area (Å²) in [7, 11) is 0. The molecule has 1 saturated heterocycles. The van der Waals surface area contributed by atoms with Gasteiger partial charge in [-0.05, 0) is 61.6 Å². The van der Waals surface area contributed by atoms with E-state index in [-0.39, 0.29) is 17.6 Å². The lowest BCUT2D eigenvalue weighted by atomic mass is 9.84. The van der Waals surface area contributed by atoms with Gasteiger partial charge in [0.25, 0.3) is 0 Å². The van der Waals surface area contributed by atoms with Gasteiger partial charge in [0.2, 0.25) is 0 Å². The van der Waals surface area contributed by atoms with E-state index in [0.717, 1.165) is 30.9 Å². The molecule has 4 rings (SSSR count). The van der Waals surface area contributed by atoms with E-state index >= 15 is 0 Å². The van der Waals surface area contributed by atoms with Crippen LogP contribution in [0, 0.1) is 6.92 Å². The Morgan fingerprint density at radius 3 is 2.57 bits per heavy atom. The summed E-state index contributed by atoms with van der Waals surface area (Å²) in [5, 5.41) is 3.37. The third-order valence-electron chi connectivity index (χ3n) is 6.83. The molecule has 0 radical (unpaired) electrons. The molecule has 0 spiro atoms. The van der Waals surface area contributed by atoms with Gasteiger partial charge in [0.1, 0.15) is 0 Å². The molecule has 2 aromatic rings. The molecule has 6 nitrogen and oxygen atoms in total. The standard InChI is InChI=1S/C24H30F4N4O2S/c1-15-10-20-16(2)22(35(33)34)7-5-19(20)23(32(15)14-24(26,27)28)21-6-4-17(11-29-21)30-18-12-31(13-18)9-3-8-25/h4-7,11,15,18,23,30H,3,8-10,12-14H2,1-2H3,(H,33,34). The number of benzene rings is 1. The molecule has 1 aromatic heterocycles.